The summed E-state index contributed by atoms with van der Waals surface area (Å²) in [6.45, 7) is 0.386. The number of carboxylic acids is 1. The Balaban J connectivity index is 0.000000220. The number of nitrogens with zero attached hydrogens (tertiary/aromatic N) is 1. The number of para-hydroxylation sites is 1. The Morgan fingerprint density at radius 2 is 1.53 bits per heavy atom. The lowest BCUT2D eigenvalue weighted by Crippen LogP contribution is -2.39. The summed E-state index contributed by atoms with van der Waals surface area (Å²) in [4.78, 5) is 11.0. The van der Waals surface area contributed by atoms with Crippen molar-refractivity contribution in [2.75, 3.05) is 0 Å². The molecule has 6 rings (SSSR count). The van der Waals surface area contributed by atoms with E-state index in [1.165, 1.54) is 24.3 Å². The van der Waals surface area contributed by atoms with Gasteiger partial charge in [0, 0.05) is 29.2 Å². The maximum Gasteiger partial charge on any atom is 0.305 e. The number of fused-ring (bicyclic) bond motifs is 4. The number of carbonyl (C=O) groups is 1. The summed E-state index contributed by atoms with van der Waals surface area (Å²) in [5.41, 5.74) is 3.11. The van der Waals surface area contributed by atoms with Crippen LogP contribution in [0.25, 0.3) is 21.7 Å². The van der Waals surface area contributed by atoms with Gasteiger partial charge in [0.05, 0.1) is 16.2 Å². The molecule has 0 amide bonds. The van der Waals surface area contributed by atoms with Crippen molar-refractivity contribution in [3.63, 3.8) is 0 Å². The van der Waals surface area contributed by atoms with Crippen LogP contribution in [0.4, 0.5) is 4.39 Å². The second-order valence-corrected chi connectivity index (χ2v) is 13.4. The van der Waals surface area contributed by atoms with E-state index in [4.69, 9.17) is 9.66 Å². The molecule has 3 N–H and O–H groups in total. The third kappa shape index (κ3) is 6.94. The molecule has 0 bridgehead atoms. The second kappa shape index (κ2) is 12.3. The number of aliphatic carboxylic acids is 1. The van der Waals surface area contributed by atoms with Gasteiger partial charge < -0.3 is 9.67 Å². The van der Waals surface area contributed by atoms with Crippen LogP contribution in [0.3, 0.4) is 0 Å². The van der Waals surface area contributed by atoms with E-state index in [1.807, 2.05) is 47.0 Å². The smallest absolute Gasteiger partial charge is 0.305 e. The number of sulfonamides is 1. The topological polar surface area (TPSA) is 143 Å². The summed E-state index contributed by atoms with van der Waals surface area (Å²) in [5, 5.41) is 11.8. The van der Waals surface area contributed by atoms with Crippen molar-refractivity contribution in [1.29, 1.82) is 0 Å². The summed E-state index contributed by atoms with van der Waals surface area (Å²) in [6.07, 6.45) is 1.82. The van der Waals surface area contributed by atoms with Gasteiger partial charge >= 0.3 is 5.97 Å². The zero-order valence-electron chi connectivity index (χ0n) is 22.9. The van der Waals surface area contributed by atoms with Crippen LogP contribution in [0.5, 0.6) is 0 Å². The average molecular weight is 625 g/mol. The maximum atomic E-state index is 13.1. The third-order valence-corrected chi connectivity index (χ3v) is 9.77. The van der Waals surface area contributed by atoms with Crippen LogP contribution < -0.4 is 4.72 Å². The molecule has 1 aromatic heterocycles. The van der Waals surface area contributed by atoms with Gasteiger partial charge in [-0.3, -0.25) is 9.35 Å². The lowest BCUT2D eigenvalue weighted by molar-refractivity contribution is -0.137. The molecule has 1 aliphatic rings. The molecular weight excluding hydrogens is 595 g/mol. The highest BCUT2D eigenvalue weighted by atomic mass is 32.2. The monoisotopic (exact) mass is 624 g/mol. The Labute approximate surface area is 248 Å². The minimum Gasteiger partial charge on any atom is -0.481 e. The molecule has 0 spiro atoms. The highest BCUT2D eigenvalue weighted by Gasteiger charge is 2.28. The van der Waals surface area contributed by atoms with Crippen LogP contribution in [0.2, 0.25) is 0 Å². The molecular formula is C31H29FN2O7S2. The highest BCUT2D eigenvalue weighted by Crippen LogP contribution is 2.33. The molecule has 0 saturated carbocycles. The summed E-state index contributed by atoms with van der Waals surface area (Å²) >= 11 is 0. The normalized spacial score (nSPS) is 15.1. The van der Waals surface area contributed by atoms with E-state index < -0.39 is 31.9 Å². The van der Waals surface area contributed by atoms with Crippen LogP contribution in [0, 0.1) is 5.82 Å². The first-order valence-electron chi connectivity index (χ1n) is 13.5. The van der Waals surface area contributed by atoms with Crippen molar-refractivity contribution < 1.29 is 35.7 Å². The van der Waals surface area contributed by atoms with E-state index in [-0.39, 0.29) is 22.3 Å². The van der Waals surface area contributed by atoms with E-state index in [0.717, 1.165) is 45.1 Å². The van der Waals surface area contributed by atoms with E-state index in [1.54, 1.807) is 12.1 Å². The first kappa shape index (κ1) is 30.4. The van der Waals surface area contributed by atoms with Crippen LogP contribution in [-0.4, -0.2) is 43.1 Å². The molecule has 0 aliphatic heterocycles. The minimum atomic E-state index is -4.09. The molecule has 0 fully saturated rings. The summed E-state index contributed by atoms with van der Waals surface area (Å²) in [7, 11) is -7.84. The number of rotatable bonds is 7. The lowest BCUT2D eigenvalue weighted by Gasteiger charge is -2.25. The van der Waals surface area contributed by atoms with Crippen molar-refractivity contribution in [2.24, 2.45) is 0 Å². The van der Waals surface area contributed by atoms with Gasteiger partial charge in [-0.2, -0.15) is 8.42 Å². The maximum absolute atomic E-state index is 13.1. The summed E-state index contributed by atoms with van der Waals surface area (Å²) < 4.78 is 73.7. The lowest BCUT2D eigenvalue weighted by atomic mass is 9.92. The van der Waals surface area contributed by atoms with Crippen LogP contribution in [-0.2, 0) is 44.3 Å². The zero-order chi connectivity index (χ0) is 30.8. The largest absolute Gasteiger partial charge is 0.481 e. The number of carboxylic acid groups (broad SMARTS) is 1. The zero-order valence-corrected chi connectivity index (χ0v) is 24.5. The SMILES string of the molecule is O=C(O)CCn1c2c(c3ccccc31)C[C@H](NS(=O)(=O)c1ccc(F)cc1)CC2.O=S(=O)(O)c1ccc2ccccc2c1. The average Bonchev–Trinajstić information content (AvgIpc) is 3.28. The predicted molar refractivity (Wildman–Crippen MR) is 160 cm³/mol. The summed E-state index contributed by atoms with van der Waals surface area (Å²) in [5.74, 6) is -1.34. The quantitative estimate of drug-likeness (QED) is 0.212. The van der Waals surface area contributed by atoms with Crippen molar-refractivity contribution in [3.8, 4) is 0 Å². The van der Waals surface area contributed by atoms with Crippen LogP contribution in [0.1, 0.15) is 24.1 Å². The van der Waals surface area contributed by atoms with Gasteiger partial charge in [-0.25, -0.2) is 17.5 Å². The van der Waals surface area contributed by atoms with Gasteiger partial charge in [0.15, 0.2) is 0 Å². The molecule has 12 heteroatoms. The van der Waals surface area contributed by atoms with Crippen LogP contribution in [0.15, 0.2) is 101 Å². The number of aryl methyl sites for hydroxylation is 1. The van der Waals surface area contributed by atoms with Crippen molar-refractivity contribution >= 4 is 47.8 Å². The molecule has 4 aromatic carbocycles. The Kier molecular flexibility index (Phi) is 8.65. The van der Waals surface area contributed by atoms with E-state index in [0.29, 0.717) is 25.8 Å². The molecule has 9 nitrogen and oxygen atoms in total. The number of benzene rings is 4. The van der Waals surface area contributed by atoms with Crippen molar-refractivity contribution in [3.05, 3.63) is 108 Å². The van der Waals surface area contributed by atoms with E-state index >= 15 is 0 Å². The van der Waals surface area contributed by atoms with E-state index in [2.05, 4.69) is 4.72 Å². The van der Waals surface area contributed by atoms with Crippen LogP contribution >= 0.6 is 0 Å². The Morgan fingerprint density at radius 1 is 0.884 bits per heavy atom. The van der Waals surface area contributed by atoms with Gasteiger partial charge in [-0.15, -0.1) is 0 Å². The first-order chi connectivity index (χ1) is 20.4. The fourth-order valence-electron chi connectivity index (χ4n) is 5.39. The Morgan fingerprint density at radius 3 is 2.23 bits per heavy atom. The molecule has 43 heavy (non-hydrogen) atoms. The number of hydrogen-bond donors (Lipinski definition) is 3. The number of hydrogen-bond acceptors (Lipinski definition) is 5. The number of aromatic nitrogens is 1. The number of nitrogens with one attached hydrogen (secondary N) is 1. The van der Waals surface area contributed by atoms with Gasteiger partial charge in [-0.1, -0.05) is 48.5 Å². The highest BCUT2D eigenvalue weighted by molar-refractivity contribution is 7.89. The van der Waals surface area contributed by atoms with Gasteiger partial charge in [0.1, 0.15) is 5.82 Å². The second-order valence-electron chi connectivity index (χ2n) is 10.2. The molecule has 5 aromatic rings. The predicted octanol–water partition coefficient (Wildman–Crippen LogP) is 5.18. The fourth-order valence-corrected chi connectivity index (χ4v) is 7.18. The fraction of sp³-hybridized carbons (Fsp3) is 0.194. The van der Waals surface area contributed by atoms with E-state index in [9.17, 15) is 26.0 Å². The first-order valence-corrected chi connectivity index (χ1v) is 16.4. The molecule has 1 heterocycles. The standard InChI is InChI=1S/C21H21FN2O4S.C10H8O3S/c22-14-5-8-16(9-6-14)29(27,28)23-15-7-10-20-18(13-15)17-3-1-2-4-19(17)24(20)12-11-21(25)26;11-14(12,13)10-6-5-8-3-1-2-4-9(8)7-10/h1-6,8-9,15,23H,7,10-13H2,(H,25,26);1-7H,(H,11,12,13)/t15-;/m1./s1. The minimum absolute atomic E-state index is 0.0335. The molecule has 1 atom stereocenters. The van der Waals surface area contributed by atoms with Crippen molar-refractivity contribution in [1.82, 2.24) is 9.29 Å². The Bertz CT molecular complexity index is 2020. The summed E-state index contributed by atoms with van der Waals surface area (Å²) in [6, 6.07) is 24.1. The van der Waals surface area contributed by atoms with Gasteiger partial charge in [0.2, 0.25) is 10.0 Å². The molecule has 1 aliphatic carbocycles. The van der Waals surface area contributed by atoms with Gasteiger partial charge in [0.25, 0.3) is 10.1 Å². The molecule has 0 unspecified atom stereocenters. The molecule has 224 valence electrons. The molecule has 0 radical (unpaired) electrons. The number of halogens is 1. The Hall–Kier alpha value is -4.10. The van der Waals surface area contributed by atoms with Gasteiger partial charge in [-0.05, 0) is 78.1 Å². The third-order valence-electron chi connectivity index (χ3n) is 7.39. The van der Waals surface area contributed by atoms with Crippen molar-refractivity contribution in [2.45, 2.75) is 48.1 Å². The molecule has 0 saturated heterocycles.